The molecule has 1 nitrogen and oxygen atoms in total. The fourth-order valence-electron chi connectivity index (χ4n) is 2.44. The van der Waals surface area contributed by atoms with Crippen LogP contribution >= 0.6 is 0 Å². The van der Waals surface area contributed by atoms with E-state index in [0.717, 1.165) is 6.42 Å². The van der Waals surface area contributed by atoms with Crippen LogP contribution in [0.4, 0.5) is 0 Å². The van der Waals surface area contributed by atoms with Gasteiger partial charge in [0, 0.05) is 0 Å². The van der Waals surface area contributed by atoms with Gasteiger partial charge in [-0.15, -0.1) is 0 Å². The normalized spacial score (nSPS) is 38.2. The third-order valence-electron chi connectivity index (χ3n) is 3.56. The largest absolute Gasteiger partial charge is 0.389 e. The molecule has 72 valence electrons. The standard InChI is InChI=1S/C11H22O/c1-9-7-5-6-8-11(9,12)10(2,3)4/h9,12H,5-8H2,1-4H3/t9-,11+/m0/s1. The van der Waals surface area contributed by atoms with E-state index in [1.165, 1.54) is 19.3 Å². The Hall–Kier alpha value is -0.0400. The molecule has 1 aliphatic carbocycles. The summed E-state index contributed by atoms with van der Waals surface area (Å²) in [6.45, 7) is 8.63. The lowest BCUT2D eigenvalue weighted by atomic mass is 9.63. The van der Waals surface area contributed by atoms with Crippen LogP contribution in [0, 0.1) is 11.3 Å². The fraction of sp³-hybridized carbons (Fsp3) is 1.00. The first-order chi connectivity index (χ1) is 5.38. The Kier molecular flexibility index (Phi) is 2.53. The van der Waals surface area contributed by atoms with Crippen molar-refractivity contribution in [1.29, 1.82) is 0 Å². The zero-order chi connectivity index (χ0) is 9.41. The van der Waals surface area contributed by atoms with Crippen LogP contribution in [0.3, 0.4) is 0 Å². The molecule has 1 rings (SSSR count). The maximum absolute atomic E-state index is 10.5. The smallest absolute Gasteiger partial charge is 0.0721 e. The van der Waals surface area contributed by atoms with Crippen molar-refractivity contribution in [2.24, 2.45) is 11.3 Å². The maximum Gasteiger partial charge on any atom is 0.0721 e. The molecule has 1 saturated carbocycles. The van der Waals surface area contributed by atoms with E-state index in [1.54, 1.807) is 0 Å². The SMILES string of the molecule is C[C@H]1CCCC[C@]1(O)C(C)(C)C. The van der Waals surface area contributed by atoms with E-state index in [9.17, 15) is 5.11 Å². The second kappa shape index (κ2) is 3.02. The van der Waals surface area contributed by atoms with Crippen molar-refractivity contribution < 1.29 is 5.11 Å². The molecule has 0 aromatic rings. The summed E-state index contributed by atoms with van der Waals surface area (Å²) in [4.78, 5) is 0. The molecule has 0 radical (unpaired) electrons. The fourth-order valence-corrected chi connectivity index (χ4v) is 2.44. The molecular formula is C11H22O. The molecule has 0 aliphatic heterocycles. The first kappa shape index (κ1) is 10.0. The van der Waals surface area contributed by atoms with E-state index in [2.05, 4.69) is 27.7 Å². The van der Waals surface area contributed by atoms with Gasteiger partial charge in [0.1, 0.15) is 0 Å². The van der Waals surface area contributed by atoms with E-state index in [-0.39, 0.29) is 5.41 Å². The van der Waals surface area contributed by atoms with E-state index < -0.39 is 5.60 Å². The van der Waals surface area contributed by atoms with Crippen molar-refractivity contribution in [2.75, 3.05) is 0 Å². The van der Waals surface area contributed by atoms with Gasteiger partial charge in [-0.25, -0.2) is 0 Å². The van der Waals surface area contributed by atoms with Gasteiger partial charge in [0.2, 0.25) is 0 Å². The summed E-state index contributed by atoms with van der Waals surface area (Å²) in [6.07, 6.45) is 4.66. The lowest BCUT2D eigenvalue weighted by molar-refractivity contribution is -0.121. The van der Waals surface area contributed by atoms with Crippen molar-refractivity contribution in [2.45, 2.75) is 59.0 Å². The molecule has 1 aliphatic rings. The molecule has 0 aromatic carbocycles. The minimum atomic E-state index is -0.425. The lowest BCUT2D eigenvalue weighted by Gasteiger charge is -2.47. The topological polar surface area (TPSA) is 20.2 Å². The van der Waals surface area contributed by atoms with Crippen molar-refractivity contribution in [3.05, 3.63) is 0 Å². The predicted molar refractivity (Wildman–Crippen MR) is 52.0 cm³/mol. The van der Waals surface area contributed by atoms with E-state index in [4.69, 9.17) is 0 Å². The summed E-state index contributed by atoms with van der Waals surface area (Å²) < 4.78 is 0. The van der Waals surface area contributed by atoms with E-state index >= 15 is 0 Å². The molecule has 1 heteroatoms. The van der Waals surface area contributed by atoms with Crippen LogP contribution in [0.1, 0.15) is 53.4 Å². The highest BCUT2D eigenvalue weighted by Crippen LogP contribution is 2.45. The van der Waals surface area contributed by atoms with Crippen molar-refractivity contribution in [1.82, 2.24) is 0 Å². The van der Waals surface area contributed by atoms with Gasteiger partial charge >= 0.3 is 0 Å². The van der Waals surface area contributed by atoms with Gasteiger partial charge in [0.25, 0.3) is 0 Å². The average molecular weight is 170 g/mol. The summed E-state index contributed by atoms with van der Waals surface area (Å²) in [5.74, 6) is 0.464. The molecule has 0 heterocycles. The zero-order valence-electron chi connectivity index (χ0n) is 8.85. The van der Waals surface area contributed by atoms with Crippen LogP contribution < -0.4 is 0 Å². The Bertz CT molecular complexity index is 157. The molecule has 12 heavy (non-hydrogen) atoms. The highest BCUT2D eigenvalue weighted by Gasteiger charge is 2.45. The monoisotopic (exact) mass is 170 g/mol. The summed E-state index contributed by atoms with van der Waals surface area (Å²) in [5, 5.41) is 10.5. The van der Waals surface area contributed by atoms with Crippen LogP contribution in [-0.4, -0.2) is 10.7 Å². The molecule has 0 amide bonds. The molecule has 1 N–H and O–H groups in total. The summed E-state index contributed by atoms with van der Waals surface area (Å²) in [5.41, 5.74) is -0.391. The molecule has 0 bridgehead atoms. The van der Waals surface area contributed by atoms with Gasteiger partial charge in [0.15, 0.2) is 0 Å². The third-order valence-corrected chi connectivity index (χ3v) is 3.56. The number of aliphatic hydroxyl groups is 1. The van der Waals surface area contributed by atoms with Gasteiger partial charge in [-0.3, -0.25) is 0 Å². The summed E-state index contributed by atoms with van der Waals surface area (Å²) >= 11 is 0. The van der Waals surface area contributed by atoms with Crippen LogP contribution in [0.2, 0.25) is 0 Å². The Morgan fingerprint density at radius 2 is 1.83 bits per heavy atom. The summed E-state index contributed by atoms with van der Waals surface area (Å²) in [6, 6.07) is 0. The Labute approximate surface area is 76.2 Å². The number of rotatable bonds is 0. The Morgan fingerprint density at radius 1 is 1.25 bits per heavy atom. The first-order valence-electron chi connectivity index (χ1n) is 5.10. The minimum Gasteiger partial charge on any atom is -0.389 e. The van der Waals surface area contributed by atoms with Crippen molar-refractivity contribution in [3.8, 4) is 0 Å². The maximum atomic E-state index is 10.5. The van der Waals surface area contributed by atoms with E-state index in [0.29, 0.717) is 5.92 Å². The van der Waals surface area contributed by atoms with Gasteiger partial charge in [0.05, 0.1) is 5.60 Å². The molecule has 0 unspecified atom stereocenters. The highest BCUT2D eigenvalue weighted by atomic mass is 16.3. The Balaban J connectivity index is 2.79. The van der Waals surface area contributed by atoms with Gasteiger partial charge in [-0.1, -0.05) is 40.5 Å². The second-order valence-corrected chi connectivity index (χ2v) is 5.32. The molecule has 1 fully saturated rings. The summed E-state index contributed by atoms with van der Waals surface area (Å²) in [7, 11) is 0. The van der Waals surface area contributed by atoms with Gasteiger partial charge < -0.3 is 5.11 Å². The average Bonchev–Trinajstić information content (AvgIpc) is 1.93. The number of hydrogen-bond donors (Lipinski definition) is 1. The van der Waals surface area contributed by atoms with Crippen molar-refractivity contribution in [3.63, 3.8) is 0 Å². The molecule has 0 saturated heterocycles. The predicted octanol–water partition coefficient (Wildman–Crippen LogP) is 2.97. The Morgan fingerprint density at radius 3 is 2.17 bits per heavy atom. The lowest BCUT2D eigenvalue weighted by Crippen LogP contribution is -2.49. The molecule has 2 atom stereocenters. The second-order valence-electron chi connectivity index (χ2n) is 5.32. The van der Waals surface area contributed by atoms with Gasteiger partial charge in [-0.05, 0) is 24.2 Å². The zero-order valence-corrected chi connectivity index (χ0v) is 8.85. The van der Waals surface area contributed by atoms with Crippen LogP contribution in [0.15, 0.2) is 0 Å². The molecule has 0 aromatic heterocycles. The van der Waals surface area contributed by atoms with Crippen LogP contribution in [0.5, 0.6) is 0 Å². The molecule has 0 spiro atoms. The van der Waals surface area contributed by atoms with E-state index in [1.807, 2.05) is 0 Å². The highest BCUT2D eigenvalue weighted by molar-refractivity contribution is 4.96. The van der Waals surface area contributed by atoms with Crippen LogP contribution in [0.25, 0.3) is 0 Å². The minimum absolute atomic E-state index is 0.0346. The van der Waals surface area contributed by atoms with Crippen molar-refractivity contribution >= 4 is 0 Å². The first-order valence-corrected chi connectivity index (χ1v) is 5.10. The quantitative estimate of drug-likeness (QED) is 0.592. The molecular weight excluding hydrogens is 148 g/mol. The third kappa shape index (κ3) is 1.52. The van der Waals surface area contributed by atoms with Gasteiger partial charge in [-0.2, -0.15) is 0 Å². The number of hydrogen-bond acceptors (Lipinski definition) is 1. The van der Waals surface area contributed by atoms with Crippen LogP contribution in [-0.2, 0) is 0 Å².